The van der Waals surface area contributed by atoms with E-state index in [1.54, 1.807) is 6.21 Å². The number of nitrogens with one attached hydrogen (secondary N) is 1. The highest BCUT2D eigenvalue weighted by Gasteiger charge is 2.14. The molecule has 7 heteroatoms. The van der Waals surface area contributed by atoms with Crippen molar-refractivity contribution in [2.24, 2.45) is 5.10 Å². The number of rotatable bonds is 5. The summed E-state index contributed by atoms with van der Waals surface area (Å²) in [4.78, 5) is 20.7. The first-order valence-electron chi connectivity index (χ1n) is 9.16. The number of benzene rings is 1. The molecule has 1 N–H and O–H groups in total. The van der Waals surface area contributed by atoms with Crippen LogP contribution in [0.5, 0.6) is 0 Å². The minimum absolute atomic E-state index is 0.0317. The van der Waals surface area contributed by atoms with Crippen LogP contribution in [-0.4, -0.2) is 31.7 Å². The van der Waals surface area contributed by atoms with Crippen LogP contribution in [0.4, 0.5) is 0 Å². The minimum atomic E-state index is -0.479. The molecule has 0 atom stereocenters. The summed E-state index contributed by atoms with van der Waals surface area (Å²) in [6.07, 6.45) is 3.59. The number of hydrogen-bond acceptors (Lipinski definition) is 5. The Morgan fingerprint density at radius 1 is 1.18 bits per heavy atom. The molecular weight excluding hydrogens is 352 g/mol. The zero-order valence-corrected chi connectivity index (χ0v) is 16.8. The van der Waals surface area contributed by atoms with Crippen LogP contribution in [0.2, 0.25) is 0 Å². The lowest BCUT2D eigenvalue weighted by Gasteiger charge is -2.04. The molecule has 0 unspecified atom stereocenters. The topological polar surface area (TPSA) is 84.5 Å². The molecule has 2 heterocycles. The van der Waals surface area contributed by atoms with Gasteiger partial charge in [-0.15, -0.1) is 5.10 Å². The highest BCUT2D eigenvalue weighted by atomic mass is 16.2. The summed E-state index contributed by atoms with van der Waals surface area (Å²) in [6.45, 7) is 10.0. The maximum Gasteiger partial charge on any atom is 0.311 e. The van der Waals surface area contributed by atoms with Gasteiger partial charge in [-0.2, -0.15) is 10.1 Å². The molecule has 28 heavy (non-hydrogen) atoms. The number of nitrogens with zero attached hydrogens (tertiary/aromatic N) is 5. The van der Waals surface area contributed by atoms with Crippen molar-refractivity contribution in [3.63, 3.8) is 0 Å². The van der Waals surface area contributed by atoms with Gasteiger partial charge in [-0.05, 0) is 49.5 Å². The lowest BCUT2D eigenvalue weighted by atomic mass is 10.0. The minimum Gasteiger partial charge on any atom is -0.264 e. The van der Waals surface area contributed by atoms with Crippen LogP contribution in [0.1, 0.15) is 59.8 Å². The Balaban J connectivity index is 1.66. The summed E-state index contributed by atoms with van der Waals surface area (Å²) in [5.74, 6) is 0.455. The van der Waals surface area contributed by atoms with Crippen molar-refractivity contribution >= 4 is 24.0 Å². The van der Waals surface area contributed by atoms with Gasteiger partial charge < -0.3 is 0 Å². The third kappa shape index (κ3) is 4.49. The quantitative estimate of drug-likeness (QED) is 0.544. The zero-order chi connectivity index (χ0) is 20.3. The summed E-state index contributed by atoms with van der Waals surface area (Å²) in [5, 5.41) is 8.18. The van der Waals surface area contributed by atoms with Crippen LogP contribution in [-0.2, 0) is 0 Å². The van der Waals surface area contributed by atoms with Gasteiger partial charge in [0.25, 0.3) is 5.78 Å². The fourth-order valence-electron chi connectivity index (χ4n) is 2.78. The average Bonchev–Trinajstić information content (AvgIpc) is 3.06. The molecule has 0 fully saturated rings. The Morgan fingerprint density at radius 3 is 2.57 bits per heavy atom. The number of allylic oxidation sites excluding steroid dienone is 1. The van der Waals surface area contributed by atoms with E-state index in [4.69, 9.17) is 0 Å². The van der Waals surface area contributed by atoms with Gasteiger partial charge in [0.2, 0.25) is 5.82 Å². The second-order valence-corrected chi connectivity index (χ2v) is 7.09. The second kappa shape index (κ2) is 8.12. The third-order valence-corrected chi connectivity index (χ3v) is 4.25. The monoisotopic (exact) mass is 376 g/mol. The number of amides is 1. The van der Waals surface area contributed by atoms with E-state index in [1.807, 2.05) is 32.9 Å². The molecule has 3 aromatic rings. The van der Waals surface area contributed by atoms with Gasteiger partial charge in [0.1, 0.15) is 0 Å². The average molecular weight is 376 g/mol. The van der Waals surface area contributed by atoms with E-state index in [1.165, 1.54) is 10.1 Å². The van der Waals surface area contributed by atoms with Gasteiger partial charge in [-0.1, -0.05) is 44.2 Å². The van der Waals surface area contributed by atoms with E-state index < -0.39 is 5.91 Å². The molecule has 0 aliphatic rings. The van der Waals surface area contributed by atoms with Crippen LogP contribution >= 0.6 is 0 Å². The maximum absolute atomic E-state index is 12.2. The predicted molar refractivity (Wildman–Crippen MR) is 110 cm³/mol. The molecule has 0 spiro atoms. The first-order chi connectivity index (χ1) is 13.3. The van der Waals surface area contributed by atoms with Crippen molar-refractivity contribution in [3.8, 4) is 0 Å². The van der Waals surface area contributed by atoms with Crippen LogP contribution in [0, 0.1) is 13.8 Å². The molecule has 0 bridgehead atoms. The van der Waals surface area contributed by atoms with Crippen molar-refractivity contribution in [2.75, 3.05) is 0 Å². The summed E-state index contributed by atoms with van der Waals surface area (Å²) in [5.41, 5.74) is 7.44. The number of aryl methyl sites for hydroxylation is 2. The number of hydrazone groups is 1. The van der Waals surface area contributed by atoms with E-state index in [0.717, 1.165) is 22.5 Å². The summed E-state index contributed by atoms with van der Waals surface area (Å²) < 4.78 is 1.54. The number of carbonyl (C=O) groups excluding carboxylic acids is 1. The fourth-order valence-corrected chi connectivity index (χ4v) is 2.78. The summed E-state index contributed by atoms with van der Waals surface area (Å²) >= 11 is 0. The van der Waals surface area contributed by atoms with Gasteiger partial charge in [-0.25, -0.2) is 14.9 Å². The number of fused-ring (bicyclic) bond motifs is 1. The first kappa shape index (κ1) is 19.4. The molecule has 0 aliphatic heterocycles. The van der Waals surface area contributed by atoms with Gasteiger partial charge in [0.15, 0.2) is 0 Å². The van der Waals surface area contributed by atoms with Crippen LogP contribution in [0.15, 0.2) is 41.0 Å². The molecule has 2 aromatic heterocycles. The molecule has 3 rings (SSSR count). The van der Waals surface area contributed by atoms with Crippen LogP contribution in [0.25, 0.3) is 11.9 Å². The standard InChI is InChI=1S/C21H24N6O/c1-13(2)18-8-6-17(7-9-18)10-14(3)12-22-25-20(28)19-24-21-23-15(4)11-16(5)27(21)26-19/h6-13H,1-5H3,(H,25,28). The molecule has 0 radical (unpaired) electrons. The van der Waals surface area contributed by atoms with Crippen molar-refractivity contribution in [3.05, 3.63) is 64.2 Å². The van der Waals surface area contributed by atoms with Gasteiger partial charge in [-0.3, -0.25) is 4.79 Å². The van der Waals surface area contributed by atoms with Crippen molar-refractivity contribution in [2.45, 2.75) is 40.5 Å². The molecule has 144 valence electrons. The molecular formula is C21H24N6O. The highest BCUT2D eigenvalue weighted by Crippen LogP contribution is 2.16. The van der Waals surface area contributed by atoms with Crippen LogP contribution < -0.4 is 5.43 Å². The van der Waals surface area contributed by atoms with E-state index in [9.17, 15) is 4.79 Å². The highest BCUT2D eigenvalue weighted by molar-refractivity contribution is 5.92. The summed E-state index contributed by atoms with van der Waals surface area (Å²) in [7, 11) is 0. The predicted octanol–water partition coefficient (Wildman–Crippen LogP) is 3.68. The van der Waals surface area contributed by atoms with Crippen LogP contribution in [0.3, 0.4) is 0 Å². The third-order valence-electron chi connectivity index (χ3n) is 4.25. The second-order valence-electron chi connectivity index (χ2n) is 7.09. The number of hydrogen-bond donors (Lipinski definition) is 1. The van der Waals surface area contributed by atoms with E-state index in [0.29, 0.717) is 11.7 Å². The molecule has 1 aromatic carbocycles. The van der Waals surface area contributed by atoms with Gasteiger partial charge >= 0.3 is 5.91 Å². The SMILES string of the molecule is CC(C=NNC(=O)c1nc2nc(C)cc(C)n2n1)=Cc1ccc(C(C)C)cc1. The van der Waals surface area contributed by atoms with Crippen molar-refractivity contribution in [1.82, 2.24) is 25.0 Å². The zero-order valence-electron chi connectivity index (χ0n) is 16.8. The van der Waals surface area contributed by atoms with Crippen molar-refractivity contribution < 1.29 is 4.79 Å². The van der Waals surface area contributed by atoms with Gasteiger partial charge in [0.05, 0.1) is 6.21 Å². The van der Waals surface area contributed by atoms with E-state index >= 15 is 0 Å². The Kier molecular flexibility index (Phi) is 5.63. The Bertz CT molecular complexity index is 1060. The van der Waals surface area contributed by atoms with E-state index in [-0.39, 0.29) is 5.82 Å². The lowest BCUT2D eigenvalue weighted by molar-refractivity contribution is 0.0945. The normalized spacial score (nSPS) is 12.3. The maximum atomic E-state index is 12.2. The fraction of sp³-hybridized carbons (Fsp3) is 0.286. The Hall–Kier alpha value is -3.35. The smallest absolute Gasteiger partial charge is 0.264 e. The Labute approximate surface area is 164 Å². The first-order valence-corrected chi connectivity index (χ1v) is 9.16. The largest absolute Gasteiger partial charge is 0.311 e. The number of carbonyl (C=O) groups is 1. The lowest BCUT2D eigenvalue weighted by Crippen LogP contribution is -2.19. The summed E-state index contributed by atoms with van der Waals surface area (Å²) in [6, 6.07) is 10.3. The van der Waals surface area contributed by atoms with Crippen molar-refractivity contribution in [1.29, 1.82) is 0 Å². The molecule has 0 saturated heterocycles. The van der Waals surface area contributed by atoms with E-state index in [2.05, 4.69) is 63.7 Å². The Morgan fingerprint density at radius 2 is 1.89 bits per heavy atom. The number of aromatic nitrogens is 4. The molecule has 0 saturated carbocycles. The molecule has 7 nitrogen and oxygen atoms in total. The molecule has 0 aliphatic carbocycles. The van der Waals surface area contributed by atoms with Gasteiger partial charge in [0, 0.05) is 11.4 Å². The molecule has 1 amide bonds.